The van der Waals surface area contributed by atoms with Crippen molar-refractivity contribution in [2.24, 2.45) is 0 Å². The molecule has 1 N–H and O–H groups in total. The molecule has 0 heterocycles. The maximum Gasteiger partial charge on any atom is 0.416 e. The summed E-state index contributed by atoms with van der Waals surface area (Å²) in [5.74, 6) is -4.20. The summed E-state index contributed by atoms with van der Waals surface area (Å²) < 4.78 is 75.1. The van der Waals surface area contributed by atoms with Crippen LogP contribution in [0.1, 0.15) is 23.5 Å². The molecule has 1 aromatic carbocycles. The van der Waals surface area contributed by atoms with Crippen LogP contribution in [0.25, 0.3) is 0 Å². The Kier molecular flexibility index (Phi) is 4.12. The van der Waals surface area contributed by atoms with Crippen molar-refractivity contribution in [3.63, 3.8) is 0 Å². The summed E-state index contributed by atoms with van der Waals surface area (Å²) in [5, 5.41) is 8.42. The monoisotopic (exact) mass is 286 g/mol. The molecule has 1 aromatic rings. The number of carboxylic acids is 1. The van der Waals surface area contributed by atoms with Gasteiger partial charge in [-0.25, -0.2) is 0 Å². The Bertz CT molecular complexity index is 463. The van der Waals surface area contributed by atoms with Crippen LogP contribution in [-0.4, -0.2) is 17.3 Å². The highest BCUT2D eigenvalue weighted by Gasteiger charge is 2.43. The molecule has 0 aliphatic carbocycles. The predicted octanol–water partition coefficient (Wildman–Crippen LogP) is 3.83. The molecule has 0 saturated carbocycles. The first kappa shape index (κ1) is 15.3. The number of aliphatic carboxylic acids is 1. The molecular formula is C11H8F6O2. The minimum atomic E-state index is -4.93. The van der Waals surface area contributed by atoms with Crippen molar-refractivity contribution in [1.29, 1.82) is 0 Å². The van der Waals surface area contributed by atoms with Crippen LogP contribution in [0.5, 0.6) is 0 Å². The van der Waals surface area contributed by atoms with Crippen molar-refractivity contribution in [3.05, 3.63) is 35.4 Å². The van der Waals surface area contributed by atoms with Gasteiger partial charge in [0.15, 0.2) is 0 Å². The van der Waals surface area contributed by atoms with Gasteiger partial charge >= 0.3 is 18.3 Å². The quantitative estimate of drug-likeness (QED) is 0.857. The summed E-state index contributed by atoms with van der Waals surface area (Å²) in [6, 6.07) is 2.59. The Balaban J connectivity index is 3.20. The number of halogens is 6. The fourth-order valence-corrected chi connectivity index (χ4v) is 1.53. The highest BCUT2D eigenvalue weighted by atomic mass is 19.4. The lowest BCUT2D eigenvalue weighted by molar-refractivity contribution is -0.163. The van der Waals surface area contributed by atoms with Gasteiger partial charge in [0.05, 0.1) is 17.9 Å². The molecule has 0 aromatic heterocycles. The van der Waals surface area contributed by atoms with E-state index in [0.29, 0.717) is 12.1 Å². The highest BCUT2D eigenvalue weighted by Crippen LogP contribution is 2.39. The average molecular weight is 286 g/mol. The molecule has 0 aliphatic heterocycles. The number of alkyl halides is 6. The fraction of sp³-hybridized carbons (Fsp3) is 0.364. The molecular weight excluding hydrogens is 278 g/mol. The van der Waals surface area contributed by atoms with Gasteiger partial charge in [-0.3, -0.25) is 4.79 Å². The molecule has 19 heavy (non-hydrogen) atoms. The van der Waals surface area contributed by atoms with Gasteiger partial charge in [0, 0.05) is 0 Å². The van der Waals surface area contributed by atoms with Crippen molar-refractivity contribution >= 4 is 5.97 Å². The van der Waals surface area contributed by atoms with E-state index < -0.39 is 41.8 Å². The molecule has 1 rings (SSSR count). The molecule has 8 heteroatoms. The number of hydrogen-bond donors (Lipinski definition) is 1. The Morgan fingerprint density at radius 1 is 1.16 bits per heavy atom. The fourth-order valence-electron chi connectivity index (χ4n) is 1.53. The molecule has 1 atom stereocenters. The maximum atomic E-state index is 12.6. The first-order valence-electron chi connectivity index (χ1n) is 4.97. The van der Waals surface area contributed by atoms with Crippen LogP contribution >= 0.6 is 0 Å². The Labute approximate surface area is 103 Å². The minimum Gasteiger partial charge on any atom is -0.481 e. The SMILES string of the molecule is O=C(O)CC(c1cccc(C(F)(F)F)c1)C(F)(F)F. The van der Waals surface area contributed by atoms with E-state index in [4.69, 9.17) is 5.11 Å². The Hall–Kier alpha value is -1.73. The molecule has 2 nitrogen and oxygen atoms in total. The van der Waals surface area contributed by atoms with Crippen molar-refractivity contribution in [3.8, 4) is 0 Å². The van der Waals surface area contributed by atoms with E-state index in [1.165, 1.54) is 0 Å². The van der Waals surface area contributed by atoms with E-state index in [1.807, 2.05) is 0 Å². The lowest BCUT2D eigenvalue weighted by Crippen LogP contribution is -2.24. The molecule has 0 fully saturated rings. The first-order chi connectivity index (χ1) is 8.51. The molecule has 1 unspecified atom stereocenters. The summed E-state index contributed by atoms with van der Waals surface area (Å²) in [6.07, 6.45) is -11.0. The van der Waals surface area contributed by atoms with Gasteiger partial charge < -0.3 is 5.11 Å². The smallest absolute Gasteiger partial charge is 0.416 e. The molecule has 0 saturated heterocycles. The van der Waals surface area contributed by atoms with Crippen LogP contribution in [0.4, 0.5) is 26.3 Å². The van der Waals surface area contributed by atoms with E-state index in [1.54, 1.807) is 0 Å². The van der Waals surface area contributed by atoms with E-state index in [2.05, 4.69) is 0 Å². The van der Waals surface area contributed by atoms with Crippen LogP contribution in [-0.2, 0) is 11.0 Å². The molecule has 0 spiro atoms. The summed E-state index contributed by atoms with van der Waals surface area (Å²) in [5.41, 5.74) is -1.96. The van der Waals surface area contributed by atoms with Gasteiger partial charge in [-0.15, -0.1) is 0 Å². The van der Waals surface area contributed by atoms with E-state index in [-0.39, 0.29) is 0 Å². The number of carbonyl (C=O) groups is 1. The summed E-state index contributed by atoms with van der Waals surface area (Å²) in [4.78, 5) is 10.4. The van der Waals surface area contributed by atoms with Crippen LogP contribution in [0.3, 0.4) is 0 Å². The molecule has 0 bridgehead atoms. The number of hydrogen-bond acceptors (Lipinski definition) is 1. The predicted molar refractivity (Wildman–Crippen MR) is 52.5 cm³/mol. The number of rotatable bonds is 3. The van der Waals surface area contributed by atoms with Gasteiger partial charge in [0.25, 0.3) is 0 Å². The average Bonchev–Trinajstić information content (AvgIpc) is 2.23. The molecule has 106 valence electrons. The zero-order chi connectivity index (χ0) is 14.8. The normalized spacial score (nSPS) is 14.2. The number of carboxylic acid groups (broad SMARTS) is 1. The van der Waals surface area contributed by atoms with E-state index in [0.717, 1.165) is 12.1 Å². The molecule has 0 amide bonds. The van der Waals surface area contributed by atoms with Gasteiger partial charge in [-0.05, 0) is 11.6 Å². The van der Waals surface area contributed by atoms with Gasteiger partial charge in [-0.2, -0.15) is 26.3 Å². The van der Waals surface area contributed by atoms with Crippen LogP contribution in [0.2, 0.25) is 0 Å². The zero-order valence-electron chi connectivity index (χ0n) is 9.22. The van der Waals surface area contributed by atoms with Crippen molar-refractivity contribution in [1.82, 2.24) is 0 Å². The van der Waals surface area contributed by atoms with Crippen molar-refractivity contribution in [2.45, 2.75) is 24.7 Å². The number of benzene rings is 1. The second-order valence-electron chi connectivity index (χ2n) is 3.82. The summed E-state index contributed by atoms with van der Waals surface area (Å²) in [6.45, 7) is 0. The van der Waals surface area contributed by atoms with Crippen molar-refractivity contribution < 1.29 is 36.2 Å². The van der Waals surface area contributed by atoms with Gasteiger partial charge in [0.1, 0.15) is 0 Å². The van der Waals surface area contributed by atoms with E-state index in [9.17, 15) is 31.1 Å². The van der Waals surface area contributed by atoms with Gasteiger partial charge in [-0.1, -0.05) is 18.2 Å². The van der Waals surface area contributed by atoms with Crippen LogP contribution in [0, 0.1) is 0 Å². The largest absolute Gasteiger partial charge is 0.481 e. The third-order valence-electron chi connectivity index (χ3n) is 2.39. The highest BCUT2D eigenvalue weighted by molar-refractivity contribution is 5.68. The van der Waals surface area contributed by atoms with Crippen LogP contribution in [0.15, 0.2) is 24.3 Å². The lowest BCUT2D eigenvalue weighted by Gasteiger charge is -2.20. The summed E-state index contributed by atoms with van der Waals surface area (Å²) >= 11 is 0. The van der Waals surface area contributed by atoms with E-state index >= 15 is 0 Å². The molecule has 0 aliphatic rings. The summed E-state index contributed by atoms with van der Waals surface area (Å²) in [7, 11) is 0. The standard InChI is InChI=1S/C11H8F6O2/c12-10(13,14)7-3-1-2-6(4-7)8(5-9(18)19)11(15,16)17/h1-4,8H,5H2,(H,18,19). The first-order valence-corrected chi connectivity index (χ1v) is 4.97. The Morgan fingerprint density at radius 3 is 2.16 bits per heavy atom. The molecule has 0 radical (unpaired) electrons. The third-order valence-corrected chi connectivity index (χ3v) is 2.39. The Morgan fingerprint density at radius 2 is 1.74 bits per heavy atom. The minimum absolute atomic E-state index is 0.321. The van der Waals surface area contributed by atoms with Crippen molar-refractivity contribution in [2.75, 3.05) is 0 Å². The maximum absolute atomic E-state index is 12.6. The van der Waals surface area contributed by atoms with Crippen LogP contribution < -0.4 is 0 Å². The zero-order valence-corrected chi connectivity index (χ0v) is 9.22. The second kappa shape index (κ2) is 5.10. The van der Waals surface area contributed by atoms with Gasteiger partial charge in [0.2, 0.25) is 0 Å². The topological polar surface area (TPSA) is 37.3 Å². The third kappa shape index (κ3) is 4.15. The lowest BCUT2D eigenvalue weighted by atomic mass is 9.93. The second-order valence-corrected chi connectivity index (χ2v) is 3.82.